The number of benzene rings is 2. The van der Waals surface area contributed by atoms with Crippen LogP contribution in [0.1, 0.15) is 29.8 Å². The third kappa shape index (κ3) is 4.71. The average molecular weight is 317 g/mol. The van der Waals surface area contributed by atoms with Crippen LogP contribution in [0.5, 0.6) is 11.5 Å². The Morgan fingerprint density at radius 3 is 2.43 bits per heavy atom. The number of halogens is 1. The first kappa shape index (κ1) is 16.8. The fourth-order valence-corrected chi connectivity index (χ4v) is 2.06. The number of hydrogen-bond donors (Lipinski definition) is 1. The molecule has 1 amide bonds. The lowest BCUT2D eigenvalue weighted by Crippen LogP contribution is -2.22. The first-order chi connectivity index (χ1) is 11.0. The van der Waals surface area contributed by atoms with E-state index in [1.165, 1.54) is 24.3 Å². The first-order valence-electron chi connectivity index (χ1n) is 7.37. The van der Waals surface area contributed by atoms with E-state index in [0.717, 1.165) is 5.56 Å². The quantitative estimate of drug-likeness (QED) is 0.886. The smallest absolute Gasteiger partial charge is 0.251 e. The van der Waals surface area contributed by atoms with Gasteiger partial charge in [-0.3, -0.25) is 4.79 Å². The number of carbonyl (C=O) groups is 1. The zero-order chi connectivity index (χ0) is 16.8. The summed E-state index contributed by atoms with van der Waals surface area (Å²) in [5.74, 6) is 0.654. The van der Waals surface area contributed by atoms with Crippen LogP contribution in [0.15, 0.2) is 42.5 Å². The Morgan fingerprint density at radius 2 is 1.83 bits per heavy atom. The average Bonchev–Trinajstić information content (AvgIpc) is 2.53. The molecule has 0 atom stereocenters. The Morgan fingerprint density at radius 1 is 1.13 bits per heavy atom. The fourth-order valence-electron chi connectivity index (χ4n) is 2.06. The number of rotatable bonds is 6. The summed E-state index contributed by atoms with van der Waals surface area (Å²) in [6.07, 6.45) is 0.0490. The summed E-state index contributed by atoms with van der Waals surface area (Å²) < 4.78 is 23.8. The van der Waals surface area contributed by atoms with Gasteiger partial charge in [-0.2, -0.15) is 0 Å². The molecule has 0 saturated carbocycles. The molecule has 0 aromatic heterocycles. The van der Waals surface area contributed by atoms with Crippen LogP contribution in [0, 0.1) is 5.82 Å². The summed E-state index contributed by atoms with van der Waals surface area (Å²) in [6.45, 7) is 4.22. The minimum atomic E-state index is -0.368. The summed E-state index contributed by atoms with van der Waals surface area (Å²) in [4.78, 5) is 12.0. The van der Waals surface area contributed by atoms with Gasteiger partial charge in [-0.05, 0) is 55.8 Å². The topological polar surface area (TPSA) is 47.6 Å². The van der Waals surface area contributed by atoms with Crippen molar-refractivity contribution < 1.29 is 18.7 Å². The Labute approximate surface area is 135 Å². The molecule has 0 heterocycles. The summed E-state index contributed by atoms with van der Waals surface area (Å²) in [5, 5.41) is 2.79. The minimum absolute atomic E-state index is 0.0490. The normalized spacial score (nSPS) is 10.5. The molecule has 0 fully saturated rings. The first-order valence-corrected chi connectivity index (χ1v) is 7.37. The van der Waals surface area contributed by atoms with Gasteiger partial charge in [0.25, 0.3) is 5.91 Å². The van der Waals surface area contributed by atoms with Crippen LogP contribution in [0.4, 0.5) is 4.39 Å². The Balaban J connectivity index is 2.02. The number of carbonyl (C=O) groups excluding carboxylic acids is 1. The van der Waals surface area contributed by atoms with Crippen molar-refractivity contribution in [1.82, 2.24) is 5.32 Å². The van der Waals surface area contributed by atoms with Gasteiger partial charge in [-0.25, -0.2) is 4.39 Å². The van der Waals surface area contributed by atoms with E-state index in [4.69, 9.17) is 9.47 Å². The second kappa shape index (κ2) is 7.63. The molecule has 2 rings (SSSR count). The van der Waals surface area contributed by atoms with Crippen LogP contribution in [0.3, 0.4) is 0 Å². The number of ether oxygens (including phenoxy) is 2. The molecule has 0 bridgehead atoms. The van der Waals surface area contributed by atoms with Gasteiger partial charge in [0.15, 0.2) is 11.5 Å². The van der Waals surface area contributed by atoms with E-state index >= 15 is 0 Å². The maximum Gasteiger partial charge on any atom is 0.251 e. The highest BCUT2D eigenvalue weighted by molar-refractivity contribution is 5.94. The molecule has 0 aliphatic carbocycles. The second-order valence-corrected chi connectivity index (χ2v) is 5.34. The number of methoxy groups -OCH3 is 1. The van der Waals surface area contributed by atoms with E-state index < -0.39 is 0 Å². The van der Waals surface area contributed by atoms with Gasteiger partial charge in [0, 0.05) is 12.1 Å². The number of nitrogens with one attached hydrogen (secondary N) is 1. The van der Waals surface area contributed by atoms with Crippen molar-refractivity contribution in [3.05, 3.63) is 59.4 Å². The fraction of sp³-hybridized carbons (Fsp3) is 0.278. The van der Waals surface area contributed by atoms with Gasteiger partial charge in [0.2, 0.25) is 0 Å². The van der Waals surface area contributed by atoms with Crippen molar-refractivity contribution in [1.29, 1.82) is 0 Å². The predicted molar refractivity (Wildman–Crippen MR) is 86.3 cm³/mol. The lowest BCUT2D eigenvalue weighted by atomic mass is 10.1. The van der Waals surface area contributed by atoms with E-state index in [2.05, 4.69) is 5.32 Å². The third-order valence-electron chi connectivity index (χ3n) is 3.15. The second-order valence-electron chi connectivity index (χ2n) is 5.34. The van der Waals surface area contributed by atoms with Crippen LogP contribution in [-0.4, -0.2) is 19.1 Å². The number of amides is 1. The molecule has 0 spiro atoms. The molecule has 2 aromatic carbocycles. The molecule has 0 unspecified atom stereocenters. The van der Waals surface area contributed by atoms with Gasteiger partial charge in [-0.1, -0.05) is 6.07 Å². The van der Waals surface area contributed by atoms with Crippen LogP contribution >= 0.6 is 0 Å². The molecule has 5 heteroatoms. The highest BCUT2D eigenvalue weighted by atomic mass is 19.1. The van der Waals surface area contributed by atoms with E-state index in [1.807, 2.05) is 32.0 Å². The molecule has 122 valence electrons. The van der Waals surface area contributed by atoms with Crippen molar-refractivity contribution in [3.8, 4) is 11.5 Å². The van der Waals surface area contributed by atoms with E-state index in [0.29, 0.717) is 23.6 Å². The molecule has 4 nitrogen and oxygen atoms in total. The highest BCUT2D eigenvalue weighted by Crippen LogP contribution is 2.28. The zero-order valence-electron chi connectivity index (χ0n) is 13.4. The predicted octanol–water partition coefficient (Wildman–Crippen LogP) is 3.55. The maximum atomic E-state index is 12.9. The zero-order valence-corrected chi connectivity index (χ0v) is 13.4. The Bertz CT molecular complexity index is 668. The lowest BCUT2D eigenvalue weighted by Gasteiger charge is -2.14. The molecular weight excluding hydrogens is 297 g/mol. The van der Waals surface area contributed by atoms with E-state index in [-0.39, 0.29) is 17.8 Å². The van der Waals surface area contributed by atoms with Crippen LogP contribution in [-0.2, 0) is 6.54 Å². The monoisotopic (exact) mass is 317 g/mol. The minimum Gasteiger partial charge on any atom is -0.493 e. The van der Waals surface area contributed by atoms with Gasteiger partial charge < -0.3 is 14.8 Å². The molecule has 0 radical (unpaired) electrons. The molecular formula is C18H20FNO3. The van der Waals surface area contributed by atoms with Crippen LogP contribution < -0.4 is 14.8 Å². The molecule has 23 heavy (non-hydrogen) atoms. The standard InChI is InChI=1S/C18H20FNO3/c1-12(2)23-16-9-4-13(10-17(16)22-3)11-20-18(21)14-5-7-15(19)8-6-14/h4-10,12H,11H2,1-3H3,(H,20,21). The Hall–Kier alpha value is -2.56. The lowest BCUT2D eigenvalue weighted by molar-refractivity contribution is 0.0951. The molecule has 0 aliphatic heterocycles. The Kier molecular flexibility index (Phi) is 5.57. The maximum absolute atomic E-state index is 12.9. The van der Waals surface area contributed by atoms with Crippen LogP contribution in [0.25, 0.3) is 0 Å². The van der Waals surface area contributed by atoms with Crippen molar-refractivity contribution in [2.45, 2.75) is 26.5 Å². The van der Waals surface area contributed by atoms with Crippen molar-refractivity contribution in [3.63, 3.8) is 0 Å². The SMILES string of the molecule is COc1cc(CNC(=O)c2ccc(F)cc2)ccc1OC(C)C. The summed E-state index contributed by atoms with van der Waals surface area (Å²) in [5.41, 5.74) is 1.30. The van der Waals surface area contributed by atoms with E-state index in [9.17, 15) is 9.18 Å². The van der Waals surface area contributed by atoms with Gasteiger partial charge in [0.1, 0.15) is 5.82 Å². The summed E-state index contributed by atoms with van der Waals surface area (Å²) >= 11 is 0. The number of hydrogen-bond acceptors (Lipinski definition) is 3. The van der Waals surface area contributed by atoms with Crippen LogP contribution in [0.2, 0.25) is 0 Å². The van der Waals surface area contributed by atoms with Crippen molar-refractivity contribution in [2.24, 2.45) is 0 Å². The van der Waals surface area contributed by atoms with Gasteiger partial charge >= 0.3 is 0 Å². The molecule has 0 aliphatic rings. The van der Waals surface area contributed by atoms with Crippen molar-refractivity contribution in [2.75, 3.05) is 7.11 Å². The summed E-state index contributed by atoms with van der Waals surface area (Å²) in [7, 11) is 1.57. The van der Waals surface area contributed by atoms with Gasteiger partial charge in [-0.15, -0.1) is 0 Å². The van der Waals surface area contributed by atoms with Crippen molar-refractivity contribution >= 4 is 5.91 Å². The molecule has 2 aromatic rings. The molecule has 1 N–H and O–H groups in total. The largest absolute Gasteiger partial charge is 0.493 e. The third-order valence-corrected chi connectivity index (χ3v) is 3.15. The summed E-state index contributed by atoms with van der Waals surface area (Å²) in [6, 6.07) is 10.9. The van der Waals surface area contributed by atoms with Gasteiger partial charge in [0.05, 0.1) is 13.2 Å². The highest BCUT2D eigenvalue weighted by Gasteiger charge is 2.09. The van der Waals surface area contributed by atoms with E-state index in [1.54, 1.807) is 7.11 Å². The molecule has 0 saturated heterocycles.